The second kappa shape index (κ2) is 6.24. The van der Waals surface area contributed by atoms with Gasteiger partial charge in [-0.1, -0.05) is 0 Å². The second-order valence-electron chi connectivity index (χ2n) is 6.61. The number of piperidine rings is 1. The van der Waals surface area contributed by atoms with Gasteiger partial charge in [0.05, 0.1) is 25.3 Å². The van der Waals surface area contributed by atoms with Gasteiger partial charge in [-0.05, 0) is 43.7 Å². The fourth-order valence-corrected chi connectivity index (χ4v) is 3.78. The summed E-state index contributed by atoms with van der Waals surface area (Å²) in [5.74, 6) is 1.43. The van der Waals surface area contributed by atoms with E-state index in [0.717, 1.165) is 57.9 Å². The summed E-state index contributed by atoms with van der Waals surface area (Å²) < 4.78 is 7.68. The van der Waals surface area contributed by atoms with Crippen LogP contribution in [0.2, 0.25) is 0 Å². The van der Waals surface area contributed by atoms with E-state index in [-0.39, 0.29) is 5.92 Å². The molecule has 1 saturated heterocycles. The van der Waals surface area contributed by atoms with Crippen molar-refractivity contribution in [1.29, 1.82) is 0 Å². The van der Waals surface area contributed by atoms with Crippen molar-refractivity contribution in [2.45, 2.75) is 32.5 Å². The number of likely N-dealkylation sites (tertiary alicyclic amines) is 1. The molecule has 4 rings (SSSR count). The Morgan fingerprint density at radius 1 is 1.22 bits per heavy atom. The van der Waals surface area contributed by atoms with Crippen LogP contribution in [-0.4, -0.2) is 39.9 Å². The highest BCUT2D eigenvalue weighted by molar-refractivity contribution is 5.79. The second-order valence-corrected chi connectivity index (χ2v) is 6.61. The third kappa shape index (κ3) is 3.06. The summed E-state index contributed by atoms with van der Waals surface area (Å²) in [6, 6.07) is 8.10. The van der Waals surface area contributed by atoms with Gasteiger partial charge in [-0.25, -0.2) is 0 Å². The number of hydrogen-bond donors (Lipinski definition) is 0. The van der Waals surface area contributed by atoms with E-state index in [1.807, 2.05) is 17.0 Å². The first kappa shape index (κ1) is 14.6. The molecule has 23 heavy (non-hydrogen) atoms. The van der Waals surface area contributed by atoms with E-state index in [1.165, 1.54) is 5.69 Å². The number of carbonyl (C=O) groups is 1. The van der Waals surface area contributed by atoms with Crippen LogP contribution in [0.15, 0.2) is 41.1 Å². The smallest absolute Gasteiger partial charge is 0.227 e. The standard InChI is InChI=1S/C18H23N3O2/c22-18(21-10-9-20-8-2-5-16(20)13-21)15-4-1-7-19(12-15)14-17-6-3-11-23-17/h2-3,5-6,8,11,15H,1,4,7,9-10,12-14H2/t15-/m0/s1. The van der Waals surface area contributed by atoms with Crippen LogP contribution < -0.4 is 0 Å². The zero-order valence-electron chi connectivity index (χ0n) is 13.4. The monoisotopic (exact) mass is 313 g/mol. The lowest BCUT2D eigenvalue weighted by molar-refractivity contribution is -0.139. The molecule has 1 amide bonds. The molecule has 2 aliphatic heterocycles. The maximum atomic E-state index is 12.9. The molecule has 122 valence electrons. The molecule has 0 bridgehead atoms. The number of amides is 1. The van der Waals surface area contributed by atoms with Crippen molar-refractivity contribution in [3.05, 3.63) is 48.2 Å². The first-order valence-corrected chi connectivity index (χ1v) is 8.47. The van der Waals surface area contributed by atoms with Crippen LogP contribution in [-0.2, 0) is 24.4 Å². The van der Waals surface area contributed by atoms with E-state index in [2.05, 4.69) is 27.8 Å². The summed E-state index contributed by atoms with van der Waals surface area (Å²) in [4.78, 5) is 17.3. The van der Waals surface area contributed by atoms with Gasteiger partial charge in [0.1, 0.15) is 5.76 Å². The first-order valence-electron chi connectivity index (χ1n) is 8.47. The molecule has 5 nitrogen and oxygen atoms in total. The lowest BCUT2D eigenvalue weighted by atomic mass is 9.96. The van der Waals surface area contributed by atoms with Crippen LogP contribution >= 0.6 is 0 Å². The van der Waals surface area contributed by atoms with E-state index in [0.29, 0.717) is 5.91 Å². The lowest BCUT2D eigenvalue weighted by Gasteiger charge is -2.36. The normalized spacial score (nSPS) is 22.1. The van der Waals surface area contributed by atoms with Gasteiger partial charge in [0.2, 0.25) is 5.91 Å². The van der Waals surface area contributed by atoms with Gasteiger partial charge in [0.25, 0.3) is 0 Å². The van der Waals surface area contributed by atoms with Crippen molar-refractivity contribution in [1.82, 2.24) is 14.4 Å². The minimum absolute atomic E-state index is 0.125. The Labute approximate surface area is 136 Å². The third-order valence-electron chi connectivity index (χ3n) is 5.01. The topological polar surface area (TPSA) is 41.6 Å². The molecule has 0 saturated carbocycles. The average molecular weight is 313 g/mol. The zero-order chi connectivity index (χ0) is 15.6. The molecule has 2 aliphatic rings. The SMILES string of the molecule is O=C([C@H]1CCCN(Cc2ccco2)C1)N1CCn2cccc2C1. The van der Waals surface area contributed by atoms with Gasteiger partial charge < -0.3 is 13.9 Å². The predicted octanol–water partition coefficient (Wildman–Crippen LogP) is 2.34. The molecule has 0 spiro atoms. The molecule has 2 aromatic heterocycles. The van der Waals surface area contributed by atoms with Crippen molar-refractivity contribution >= 4 is 5.91 Å². The summed E-state index contributed by atoms with van der Waals surface area (Å²) in [6.45, 7) is 5.19. The molecule has 2 aromatic rings. The molecule has 1 fully saturated rings. The van der Waals surface area contributed by atoms with Crippen molar-refractivity contribution in [3.8, 4) is 0 Å². The maximum absolute atomic E-state index is 12.9. The highest BCUT2D eigenvalue weighted by Gasteiger charge is 2.31. The Hall–Kier alpha value is -2.01. The van der Waals surface area contributed by atoms with E-state index in [1.54, 1.807) is 6.26 Å². The van der Waals surface area contributed by atoms with Crippen molar-refractivity contribution in [2.75, 3.05) is 19.6 Å². The Bertz CT molecular complexity index is 662. The zero-order valence-corrected chi connectivity index (χ0v) is 13.4. The fourth-order valence-electron chi connectivity index (χ4n) is 3.78. The molecule has 0 radical (unpaired) electrons. The van der Waals surface area contributed by atoms with Crippen LogP contribution in [0, 0.1) is 5.92 Å². The lowest BCUT2D eigenvalue weighted by Crippen LogP contribution is -2.46. The Morgan fingerprint density at radius 3 is 3.04 bits per heavy atom. The van der Waals surface area contributed by atoms with Gasteiger partial charge in [0.15, 0.2) is 0 Å². The highest BCUT2D eigenvalue weighted by Crippen LogP contribution is 2.23. The van der Waals surface area contributed by atoms with Gasteiger partial charge in [-0.2, -0.15) is 0 Å². The van der Waals surface area contributed by atoms with E-state index >= 15 is 0 Å². The van der Waals surface area contributed by atoms with Crippen LogP contribution in [0.5, 0.6) is 0 Å². The number of rotatable bonds is 3. The van der Waals surface area contributed by atoms with Crippen molar-refractivity contribution < 1.29 is 9.21 Å². The summed E-state index contributed by atoms with van der Waals surface area (Å²) in [5.41, 5.74) is 1.24. The number of aromatic nitrogens is 1. The summed E-state index contributed by atoms with van der Waals surface area (Å²) in [7, 11) is 0. The number of carbonyl (C=O) groups excluding carboxylic acids is 1. The quantitative estimate of drug-likeness (QED) is 0.873. The van der Waals surface area contributed by atoms with E-state index in [4.69, 9.17) is 4.42 Å². The number of fused-ring (bicyclic) bond motifs is 1. The largest absolute Gasteiger partial charge is 0.468 e. The molecule has 0 aliphatic carbocycles. The van der Waals surface area contributed by atoms with E-state index < -0.39 is 0 Å². The molecule has 4 heterocycles. The number of hydrogen-bond acceptors (Lipinski definition) is 3. The van der Waals surface area contributed by atoms with Crippen LogP contribution in [0.4, 0.5) is 0 Å². The van der Waals surface area contributed by atoms with Gasteiger partial charge in [-0.3, -0.25) is 9.69 Å². The summed E-state index contributed by atoms with van der Waals surface area (Å²) in [5, 5.41) is 0. The summed E-state index contributed by atoms with van der Waals surface area (Å²) >= 11 is 0. The third-order valence-corrected chi connectivity index (χ3v) is 5.01. The molecule has 1 atom stereocenters. The molecule has 0 N–H and O–H groups in total. The molecular weight excluding hydrogens is 290 g/mol. The average Bonchev–Trinajstić information content (AvgIpc) is 3.25. The van der Waals surface area contributed by atoms with Crippen molar-refractivity contribution in [2.24, 2.45) is 5.92 Å². The molecular formula is C18H23N3O2. The van der Waals surface area contributed by atoms with Crippen LogP contribution in [0.1, 0.15) is 24.3 Å². The highest BCUT2D eigenvalue weighted by atomic mass is 16.3. The van der Waals surface area contributed by atoms with Gasteiger partial charge in [-0.15, -0.1) is 0 Å². The van der Waals surface area contributed by atoms with Gasteiger partial charge >= 0.3 is 0 Å². The Balaban J connectivity index is 1.38. The number of furan rings is 1. The van der Waals surface area contributed by atoms with Crippen molar-refractivity contribution in [3.63, 3.8) is 0 Å². The fraction of sp³-hybridized carbons (Fsp3) is 0.500. The maximum Gasteiger partial charge on any atom is 0.227 e. The predicted molar refractivity (Wildman–Crippen MR) is 86.6 cm³/mol. The first-order chi connectivity index (χ1) is 11.3. The molecule has 0 aromatic carbocycles. The Kier molecular flexibility index (Phi) is 3.95. The van der Waals surface area contributed by atoms with Gasteiger partial charge in [0, 0.05) is 31.5 Å². The molecule has 0 unspecified atom stereocenters. The minimum Gasteiger partial charge on any atom is -0.468 e. The van der Waals surface area contributed by atoms with E-state index in [9.17, 15) is 4.79 Å². The minimum atomic E-state index is 0.125. The van der Waals surface area contributed by atoms with Crippen LogP contribution in [0.25, 0.3) is 0 Å². The Morgan fingerprint density at radius 2 is 2.17 bits per heavy atom. The number of nitrogens with zero attached hydrogens (tertiary/aromatic N) is 3. The summed E-state index contributed by atoms with van der Waals surface area (Å²) in [6.07, 6.45) is 5.90. The molecule has 5 heteroatoms. The van der Waals surface area contributed by atoms with Crippen LogP contribution in [0.3, 0.4) is 0 Å².